The minimum absolute atomic E-state index is 0.0505. The van der Waals surface area contributed by atoms with E-state index in [1.807, 2.05) is 0 Å². The van der Waals surface area contributed by atoms with Crippen LogP contribution in [0, 0.1) is 0 Å². The lowest BCUT2D eigenvalue weighted by molar-refractivity contribution is 0.0523. The number of carbonyl (C=O) groups excluding carboxylic acids is 1. The van der Waals surface area contributed by atoms with Crippen LogP contribution in [0.15, 0.2) is 18.2 Å². The lowest BCUT2D eigenvalue weighted by atomic mass is 10.1. The summed E-state index contributed by atoms with van der Waals surface area (Å²) in [5, 5.41) is 9.69. The third-order valence-electron chi connectivity index (χ3n) is 2.85. The zero-order chi connectivity index (χ0) is 13.0. The highest BCUT2D eigenvalue weighted by molar-refractivity contribution is 5.93. The fourth-order valence-electron chi connectivity index (χ4n) is 1.91. The van der Waals surface area contributed by atoms with Crippen LogP contribution in [-0.4, -0.2) is 44.0 Å². The van der Waals surface area contributed by atoms with E-state index >= 15 is 0 Å². The molecule has 5 nitrogen and oxygen atoms in total. The summed E-state index contributed by atoms with van der Waals surface area (Å²) in [5.41, 5.74) is 1.11. The molecule has 0 spiro atoms. The molecule has 0 unspecified atom stereocenters. The average molecular weight is 251 g/mol. The normalized spacial score (nSPS) is 15.5. The SMILES string of the molecule is CCOC(=O)c1cc(N2CCOCC2)ccc1O. The van der Waals surface area contributed by atoms with Crippen molar-refractivity contribution < 1.29 is 19.4 Å². The molecular formula is C13H17NO4. The van der Waals surface area contributed by atoms with Crippen molar-refractivity contribution in [3.8, 4) is 5.75 Å². The van der Waals surface area contributed by atoms with E-state index in [1.165, 1.54) is 6.07 Å². The van der Waals surface area contributed by atoms with Crippen molar-refractivity contribution in [3.63, 3.8) is 0 Å². The Morgan fingerprint density at radius 1 is 1.44 bits per heavy atom. The maximum Gasteiger partial charge on any atom is 0.341 e. The summed E-state index contributed by atoms with van der Waals surface area (Å²) < 4.78 is 10.2. The molecule has 1 heterocycles. The van der Waals surface area contributed by atoms with Gasteiger partial charge in [0.2, 0.25) is 0 Å². The van der Waals surface area contributed by atoms with E-state index in [2.05, 4.69) is 4.90 Å². The van der Waals surface area contributed by atoms with E-state index in [4.69, 9.17) is 9.47 Å². The number of phenols is 1. The lowest BCUT2D eigenvalue weighted by Crippen LogP contribution is -2.36. The van der Waals surface area contributed by atoms with Crippen LogP contribution in [0.1, 0.15) is 17.3 Å². The zero-order valence-electron chi connectivity index (χ0n) is 10.4. The van der Waals surface area contributed by atoms with Crippen molar-refractivity contribution in [2.45, 2.75) is 6.92 Å². The summed E-state index contributed by atoms with van der Waals surface area (Å²) in [4.78, 5) is 13.8. The van der Waals surface area contributed by atoms with Gasteiger partial charge >= 0.3 is 5.97 Å². The van der Waals surface area contributed by atoms with Crippen molar-refractivity contribution in [1.82, 2.24) is 0 Å². The molecule has 5 heteroatoms. The van der Waals surface area contributed by atoms with Crippen LogP contribution in [0.2, 0.25) is 0 Å². The van der Waals surface area contributed by atoms with Gasteiger partial charge in [-0.15, -0.1) is 0 Å². The second kappa shape index (κ2) is 5.73. The minimum atomic E-state index is -0.495. The number of hydrogen-bond acceptors (Lipinski definition) is 5. The minimum Gasteiger partial charge on any atom is -0.507 e. The molecule has 2 rings (SSSR count). The number of hydrogen-bond donors (Lipinski definition) is 1. The van der Waals surface area contributed by atoms with E-state index in [9.17, 15) is 9.90 Å². The number of benzene rings is 1. The largest absolute Gasteiger partial charge is 0.507 e. The van der Waals surface area contributed by atoms with Crippen LogP contribution in [0.4, 0.5) is 5.69 Å². The molecule has 0 amide bonds. The number of anilines is 1. The predicted octanol–water partition coefficient (Wildman–Crippen LogP) is 1.41. The summed E-state index contributed by atoms with van der Waals surface area (Å²) in [6.45, 7) is 4.95. The summed E-state index contributed by atoms with van der Waals surface area (Å²) in [7, 11) is 0. The molecule has 1 N–H and O–H groups in total. The highest BCUT2D eigenvalue weighted by atomic mass is 16.5. The Bertz CT molecular complexity index is 427. The topological polar surface area (TPSA) is 59.0 Å². The van der Waals surface area contributed by atoms with Crippen LogP contribution in [0.25, 0.3) is 0 Å². The molecule has 98 valence electrons. The van der Waals surface area contributed by atoms with Crippen LogP contribution in [0.3, 0.4) is 0 Å². The van der Waals surface area contributed by atoms with Gasteiger partial charge in [-0.2, -0.15) is 0 Å². The number of morpholine rings is 1. The lowest BCUT2D eigenvalue weighted by Gasteiger charge is -2.29. The summed E-state index contributed by atoms with van der Waals surface area (Å²) >= 11 is 0. The van der Waals surface area contributed by atoms with E-state index in [1.54, 1.807) is 19.1 Å². The molecule has 1 aliphatic rings. The van der Waals surface area contributed by atoms with Gasteiger partial charge in [0.15, 0.2) is 0 Å². The van der Waals surface area contributed by atoms with E-state index < -0.39 is 5.97 Å². The Morgan fingerprint density at radius 2 is 2.17 bits per heavy atom. The Labute approximate surface area is 106 Å². The number of ether oxygens (including phenoxy) is 2. The predicted molar refractivity (Wildman–Crippen MR) is 67.1 cm³/mol. The first-order chi connectivity index (χ1) is 8.72. The molecule has 1 fully saturated rings. The van der Waals surface area contributed by atoms with Crippen LogP contribution >= 0.6 is 0 Å². The quantitative estimate of drug-likeness (QED) is 0.823. The molecular weight excluding hydrogens is 234 g/mol. The molecule has 0 atom stereocenters. The first-order valence-corrected chi connectivity index (χ1v) is 6.05. The van der Waals surface area contributed by atoms with Crippen molar-refractivity contribution >= 4 is 11.7 Å². The Kier molecular flexibility index (Phi) is 4.04. The second-order valence-electron chi connectivity index (χ2n) is 4.02. The van der Waals surface area contributed by atoms with Gasteiger partial charge < -0.3 is 19.5 Å². The van der Waals surface area contributed by atoms with Crippen LogP contribution < -0.4 is 4.90 Å². The monoisotopic (exact) mass is 251 g/mol. The highest BCUT2D eigenvalue weighted by Crippen LogP contribution is 2.25. The number of aromatic hydroxyl groups is 1. The smallest absolute Gasteiger partial charge is 0.341 e. The van der Waals surface area contributed by atoms with Crippen LogP contribution in [0.5, 0.6) is 5.75 Å². The van der Waals surface area contributed by atoms with Crippen LogP contribution in [-0.2, 0) is 9.47 Å². The van der Waals surface area contributed by atoms with Gasteiger partial charge in [0.1, 0.15) is 11.3 Å². The number of phenolic OH excluding ortho intramolecular Hbond substituents is 1. The van der Waals surface area contributed by atoms with E-state index in [0.29, 0.717) is 19.8 Å². The van der Waals surface area contributed by atoms with Gasteiger partial charge in [-0.3, -0.25) is 0 Å². The Balaban J connectivity index is 2.22. The molecule has 1 aromatic rings. The fraction of sp³-hybridized carbons (Fsp3) is 0.462. The summed E-state index contributed by atoms with van der Waals surface area (Å²) in [5.74, 6) is -0.546. The van der Waals surface area contributed by atoms with E-state index in [-0.39, 0.29) is 11.3 Å². The number of esters is 1. The number of nitrogens with zero attached hydrogens (tertiary/aromatic N) is 1. The average Bonchev–Trinajstić information content (AvgIpc) is 2.40. The standard InChI is InChI=1S/C13H17NO4/c1-2-18-13(16)11-9-10(3-4-12(11)15)14-5-7-17-8-6-14/h3-4,9,15H,2,5-8H2,1H3. The maximum atomic E-state index is 11.7. The van der Waals surface area contributed by atoms with Crippen molar-refractivity contribution in [3.05, 3.63) is 23.8 Å². The number of carbonyl (C=O) groups is 1. The van der Waals surface area contributed by atoms with Gasteiger partial charge in [0.05, 0.1) is 19.8 Å². The summed E-state index contributed by atoms with van der Waals surface area (Å²) in [6.07, 6.45) is 0. The van der Waals surface area contributed by atoms with Crippen molar-refractivity contribution in [2.24, 2.45) is 0 Å². The Morgan fingerprint density at radius 3 is 2.83 bits per heavy atom. The molecule has 0 saturated carbocycles. The second-order valence-corrected chi connectivity index (χ2v) is 4.02. The third kappa shape index (κ3) is 2.73. The number of rotatable bonds is 3. The molecule has 1 aliphatic heterocycles. The Hall–Kier alpha value is -1.75. The molecule has 0 radical (unpaired) electrons. The molecule has 1 saturated heterocycles. The molecule has 0 bridgehead atoms. The molecule has 0 aliphatic carbocycles. The van der Waals surface area contributed by atoms with Gasteiger partial charge in [-0.05, 0) is 25.1 Å². The highest BCUT2D eigenvalue weighted by Gasteiger charge is 2.17. The maximum absolute atomic E-state index is 11.7. The third-order valence-corrected chi connectivity index (χ3v) is 2.85. The first kappa shape index (κ1) is 12.7. The summed E-state index contributed by atoms with van der Waals surface area (Å²) in [6, 6.07) is 4.99. The zero-order valence-corrected chi connectivity index (χ0v) is 10.4. The fourth-order valence-corrected chi connectivity index (χ4v) is 1.91. The molecule has 1 aromatic carbocycles. The van der Waals surface area contributed by atoms with Gasteiger partial charge in [0, 0.05) is 18.8 Å². The molecule has 18 heavy (non-hydrogen) atoms. The van der Waals surface area contributed by atoms with Crippen molar-refractivity contribution in [1.29, 1.82) is 0 Å². The van der Waals surface area contributed by atoms with Gasteiger partial charge in [-0.1, -0.05) is 0 Å². The first-order valence-electron chi connectivity index (χ1n) is 6.05. The van der Waals surface area contributed by atoms with E-state index in [0.717, 1.165) is 18.8 Å². The molecule has 0 aromatic heterocycles. The van der Waals surface area contributed by atoms with Gasteiger partial charge in [-0.25, -0.2) is 4.79 Å². The van der Waals surface area contributed by atoms with Gasteiger partial charge in [0.25, 0.3) is 0 Å². The van der Waals surface area contributed by atoms with Crippen molar-refractivity contribution in [2.75, 3.05) is 37.8 Å².